The number of hydrogen-bond acceptors (Lipinski definition) is 5. The van der Waals surface area contributed by atoms with E-state index in [0.717, 1.165) is 36.0 Å². The number of imide groups is 1. The third kappa shape index (κ3) is 2.87. The SMILES string of the molecule is CNCCCNc1ccc2c3c(cccc13)C(=O)N(CCS)C2=O. The molecule has 0 bridgehead atoms. The Morgan fingerprint density at radius 3 is 2.50 bits per heavy atom. The number of carbonyl (C=O) groups is 2. The van der Waals surface area contributed by atoms with Gasteiger partial charge in [-0.1, -0.05) is 12.1 Å². The van der Waals surface area contributed by atoms with Crippen LogP contribution in [0.1, 0.15) is 27.1 Å². The van der Waals surface area contributed by atoms with Gasteiger partial charge in [-0.3, -0.25) is 14.5 Å². The Morgan fingerprint density at radius 2 is 1.79 bits per heavy atom. The van der Waals surface area contributed by atoms with Gasteiger partial charge in [0, 0.05) is 46.4 Å². The molecule has 2 aromatic rings. The van der Waals surface area contributed by atoms with E-state index in [1.54, 1.807) is 6.07 Å². The predicted octanol–water partition coefficient (Wildman–Crippen LogP) is 2.39. The van der Waals surface area contributed by atoms with Crippen molar-refractivity contribution in [3.8, 4) is 0 Å². The van der Waals surface area contributed by atoms with Gasteiger partial charge in [0.2, 0.25) is 0 Å². The third-order valence-electron chi connectivity index (χ3n) is 4.23. The van der Waals surface area contributed by atoms with Crippen LogP contribution >= 0.6 is 12.6 Å². The Morgan fingerprint density at radius 1 is 1.04 bits per heavy atom. The van der Waals surface area contributed by atoms with Crippen molar-refractivity contribution in [3.63, 3.8) is 0 Å². The summed E-state index contributed by atoms with van der Waals surface area (Å²) in [4.78, 5) is 26.6. The predicted molar refractivity (Wildman–Crippen MR) is 100 cm³/mol. The number of hydrogen-bond donors (Lipinski definition) is 3. The van der Waals surface area contributed by atoms with Gasteiger partial charge in [-0.15, -0.1) is 0 Å². The fraction of sp³-hybridized carbons (Fsp3) is 0.333. The second-order valence-corrected chi connectivity index (χ2v) is 6.21. The van der Waals surface area contributed by atoms with Crippen LogP contribution in [0, 0.1) is 0 Å². The van der Waals surface area contributed by atoms with E-state index in [1.807, 2.05) is 31.3 Å². The summed E-state index contributed by atoms with van der Waals surface area (Å²) in [5.74, 6) is -0.0209. The lowest BCUT2D eigenvalue weighted by molar-refractivity contribution is 0.0621. The minimum Gasteiger partial charge on any atom is -0.384 e. The van der Waals surface area contributed by atoms with Crippen molar-refractivity contribution in [2.24, 2.45) is 0 Å². The number of rotatable bonds is 7. The molecule has 0 saturated heterocycles. The number of nitrogens with zero attached hydrogens (tertiary/aromatic N) is 1. The standard InChI is InChI=1S/C18H21N3O2S/c1-19-8-3-9-20-15-7-6-14-16-12(15)4-2-5-13(16)17(22)21(10-11-24)18(14)23/h2,4-7,19-20,24H,3,8-11H2,1H3. The fourth-order valence-corrected chi connectivity index (χ4v) is 3.29. The van der Waals surface area contributed by atoms with E-state index in [0.29, 0.717) is 23.4 Å². The van der Waals surface area contributed by atoms with Gasteiger partial charge in [-0.25, -0.2) is 0 Å². The number of carbonyl (C=O) groups excluding carboxylic acids is 2. The highest BCUT2D eigenvalue weighted by Gasteiger charge is 2.32. The molecule has 24 heavy (non-hydrogen) atoms. The summed E-state index contributed by atoms with van der Waals surface area (Å²) >= 11 is 4.15. The van der Waals surface area contributed by atoms with Crippen LogP contribution in [-0.4, -0.2) is 49.1 Å². The van der Waals surface area contributed by atoms with Crippen molar-refractivity contribution in [1.29, 1.82) is 0 Å². The summed E-state index contributed by atoms with van der Waals surface area (Å²) in [6.07, 6.45) is 0.993. The second kappa shape index (κ2) is 7.23. The Labute approximate surface area is 146 Å². The van der Waals surface area contributed by atoms with Crippen molar-refractivity contribution < 1.29 is 9.59 Å². The molecule has 0 aromatic heterocycles. The van der Waals surface area contributed by atoms with Crippen LogP contribution in [0.15, 0.2) is 30.3 Å². The lowest BCUT2D eigenvalue weighted by Gasteiger charge is -2.27. The maximum atomic E-state index is 12.7. The highest BCUT2D eigenvalue weighted by molar-refractivity contribution is 7.80. The van der Waals surface area contributed by atoms with Crippen LogP contribution in [0.5, 0.6) is 0 Å². The van der Waals surface area contributed by atoms with Gasteiger partial charge in [-0.2, -0.15) is 12.6 Å². The third-order valence-corrected chi connectivity index (χ3v) is 4.43. The summed E-state index contributed by atoms with van der Waals surface area (Å²) in [5, 5.41) is 8.19. The van der Waals surface area contributed by atoms with Gasteiger partial charge in [-0.05, 0) is 38.2 Å². The molecular weight excluding hydrogens is 322 g/mol. The summed E-state index contributed by atoms with van der Waals surface area (Å²) in [5.41, 5.74) is 2.13. The molecule has 0 spiro atoms. The molecule has 1 aliphatic heterocycles. The molecule has 2 N–H and O–H groups in total. The average Bonchev–Trinajstić information content (AvgIpc) is 2.60. The largest absolute Gasteiger partial charge is 0.384 e. The number of thiol groups is 1. The minimum absolute atomic E-state index is 0.237. The van der Waals surface area contributed by atoms with Gasteiger partial charge in [0.1, 0.15) is 0 Å². The van der Waals surface area contributed by atoms with Gasteiger partial charge in [0.15, 0.2) is 0 Å². The first-order valence-electron chi connectivity index (χ1n) is 8.10. The molecule has 0 saturated carbocycles. The number of amides is 2. The molecule has 1 aliphatic rings. The zero-order valence-corrected chi connectivity index (χ0v) is 14.5. The van der Waals surface area contributed by atoms with Gasteiger partial charge in [0.05, 0.1) is 0 Å². The molecule has 5 nitrogen and oxygen atoms in total. The van der Waals surface area contributed by atoms with Crippen molar-refractivity contribution in [2.45, 2.75) is 6.42 Å². The van der Waals surface area contributed by atoms with Crippen molar-refractivity contribution in [3.05, 3.63) is 41.5 Å². The molecule has 1 heterocycles. The second-order valence-electron chi connectivity index (χ2n) is 5.76. The molecule has 0 atom stereocenters. The lowest BCUT2D eigenvalue weighted by Crippen LogP contribution is -2.41. The summed E-state index contributed by atoms with van der Waals surface area (Å²) in [7, 11) is 1.93. The van der Waals surface area contributed by atoms with E-state index < -0.39 is 0 Å². The maximum Gasteiger partial charge on any atom is 0.261 e. The van der Waals surface area contributed by atoms with Gasteiger partial charge < -0.3 is 10.6 Å². The summed E-state index contributed by atoms with van der Waals surface area (Å²) < 4.78 is 0. The van der Waals surface area contributed by atoms with Gasteiger partial charge in [0.25, 0.3) is 11.8 Å². The van der Waals surface area contributed by atoms with E-state index in [4.69, 9.17) is 0 Å². The van der Waals surface area contributed by atoms with Crippen molar-refractivity contribution >= 4 is 40.9 Å². The highest BCUT2D eigenvalue weighted by atomic mass is 32.1. The van der Waals surface area contributed by atoms with E-state index >= 15 is 0 Å². The topological polar surface area (TPSA) is 61.4 Å². The highest BCUT2D eigenvalue weighted by Crippen LogP contribution is 2.34. The Bertz CT molecular complexity index is 769. The van der Waals surface area contributed by atoms with Crippen LogP contribution in [0.4, 0.5) is 5.69 Å². The Balaban J connectivity index is 2.03. The molecule has 126 valence electrons. The molecule has 0 aliphatic carbocycles. The van der Waals surface area contributed by atoms with E-state index in [-0.39, 0.29) is 11.8 Å². The molecule has 6 heteroatoms. The lowest BCUT2D eigenvalue weighted by atomic mass is 9.93. The van der Waals surface area contributed by atoms with Crippen LogP contribution < -0.4 is 10.6 Å². The average molecular weight is 343 g/mol. The molecule has 3 rings (SSSR count). The quantitative estimate of drug-likeness (QED) is 0.410. The Kier molecular flexibility index (Phi) is 5.06. The number of anilines is 1. The van der Waals surface area contributed by atoms with Crippen LogP contribution in [0.2, 0.25) is 0 Å². The zero-order chi connectivity index (χ0) is 17.1. The van der Waals surface area contributed by atoms with Crippen LogP contribution in [0.3, 0.4) is 0 Å². The first-order valence-corrected chi connectivity index (χ1v) is 8.73. The zero-order valence-electron chi connectivity index (χ0n) is 13.6. The summed E-state index contributed by atoms with van der Waals surface area (Å²) in [6.45, 7) is 2.08. The number of benzene rings is 2. The van der Waals surface area contributed by atoms with E-state index in [9.17, 15) is 9.59 Å². The minimum atomic E-state index is -0.237. The van der Waals surface area contributed by atoms with E-state index in [1.165, 1.54) is 4.90 Å². The Hall–Kier alpha value is -2.05. The fourth-order valence-electron chi connectivity index (χ4n) is 3.09. The monoisotopic (exact) mass is 343 g/mol. The molecule has 2 amide bonds. The maximum absolute atomic E-state index is 12.7. The first-order chi connectivity index (χ1) is 11.7. The van der Waals surface area contributed by atoms with E-state index in [2.05, 4.69) is 23.3 Å². The molecule has 0 unspecified atom stereocenters. The normalized spacial score (nSPS) is 13.7. The molecule has 0 radical (unpaired) electrons. The number of nitrogens with one attached hydrogen (secondary N) is 2. The molecular formula is C18H21N3O2S. The summed E-state index contributed by atoms with van der Waals surface area (Å²) in [6, 6.07) is 9.35. The van der Waals surface area contributed by atoms with Crippen molar-refractivity contribution in [2.75, 3.05) is 37.8 Å². The smallest absolute Gasteiger partial charge is 0.261 e. The molecule has 0 fully saturated rings. The van der Waals surface area contributed by atoms with Crippen molar-refractivity contribution in [1.82, 2.24) is 10.2 Å². The first kappa shape index (κ1) is 16.8. The van der Waals surface area contributed by atoms with Crippen LogP contribution in [-0.2, 0) is 0 Å². The van der Waals surface area contributed by atoms with Gasteiger partial charge >= 0.3 is 0 Å². The molecule has 2 aromatic carbocycles. The van der Waals surface area contributed by atoms with Crippen LogP contribution in [0.25, 0.3) is 10.8 Å².